The number of nitrogens with one attached hydrogen (secondary N) is 1. The smallest absolute Gasteiger partial charge is 0.268 e. The fraction of sp³-hybridized carbons (Fsp3) is 0.294. The third-order valence-electron chi connectivity index (χ3n) is 3.93. The molecule has 3 rings (SSSR count). The van der Waals surface area contributed by atoms with Gasteiger partial charge in [-0.2, -0.15) is 5.26 Å². The summed E-state index contributed by atoms with van der Waals surface area (Å²) in [5.74, 6) is 0. The molecule has 0 fully saturated rings. The minimum absolute atomic E-state index is 0.182. The van der Waals surface area contributed by atoms with Crippen LogP contribution in [0.25, 0.3) is 0 Å². The number of hydrogen-bond acceptors (Lipinski definition) is 3. The van der Waals surface area contributed by atoms with E-state index in [1.807, 2.05) is 37.3 Å². The van der Waals surface area contributed by atoms with Crippen LogP contribution in [0.15, 0.2) is 35.1 Å². The van der Waals surface area contributed by atoms with Gasteiger partial charge in [0.2, 0.25) is 0 Å². The van der Waals surface area contributed by atoms with Gasteiger partial charge in [-0.05, 0) is 24.1 Å². The van der Waals surface area contributed by atoms with Gasteiger partial charge in [0.25, 0.3) is 5.56 Å². The minimum Gasteiger partial charge on any atom is -0.312 e. The van der Waals surface area contributed by atoms with Gasteiger partial charge < -0.3 is 9.88 Å². The quantitative estimate of drug-likeness (QED) is 0.910. The van der Waals surface area contributed by atoms with E-state index in [2.05, 4.69) is 5.32 Å². The highest BCUT2D eigenvalue weighted by Crippen LogP contribution is 2.15. The highest BCUT2D eigenvalue weighted by molar-refractivity contribution is 5.36. The summed E-state index contributed by atoms with van der Waals surface area (Å²) >= 11 is 0. The summed E-state index contributed by atoms with van der Waals surface area (Å²) in [4.78, 5) is 12.5. The highest BCUT2D eigenvalue weighted by Gasteiger charge is 2.17. The van der Waals surface area contributed by atoms with Crippen molar-refractivity contribution in [2.45, 2.75) is 26.4 Å². The van der Waals surface area contributed by atoms with Crippen LogP contribution < -0.4 is 10.9 Å². The second-order valence-corrected chi connectivity index (χ2v) is 5.45. The molecule has 1 aliphatic rings. The maximum Gasteiger partial charge on any atom is 0.268 e. The summed E-state index contributed by atoms with van der Waals surface area (Å²) in [6.45, 7) is 4.15. The third-order valence-corrected chi connectivity index (χ3v) is 3.93. The van der Waals surface area contributed by atoms with Crippen molar-refractivity contribution in [3.05, 3.63) is 68.6 Å². The van der Waals surface area contributed by atoms with Gasteiger partial charge in [-0.1, -0.05) is 29.8 Å². The van der Waals surface area contributed by atoms with E-state index in [1.54, 1.807) is 10.6 Å². The number of hydrogen-bond donors (Lipinski definition) is 1. The predicted molar refractivity (Wildman–Crippen MR) is 81.1 cm³/mol. The summed E-state index contributed by atoms with van der Waals surface area (Å²) < 4.78 is 1.76. The van der Waals surface area contributed by atoms with Gasteiger partial charge in [0.1, 0.15) is 11.6 Å². The molecule has 1 aromatic heterocycles. The fourth-order valence-corrected chi connectivity index (χ4v) is 2.76. The number of benzene rings is 1. The van der Waals surface area contributed by atoms with E-state index in [9.17, 15) is 4.79 Å². The zero-order valence-electron chi connectivity index (χ0n) is 12.0. The molecule has 4 heteroatoms. The van der Waals surface area contributed by atoms with E-state index in [0.29, 0.717) is 6.54 Å². The van der Waals surface area contributed by atoms with Gasteiger partial charge in [0.05, 0.1) is 6.54 Å². The number of aryl methyl sites for hydroxylation is 1. The molecular weight excluding hydrogens is 262 g/mol. The first-order valence-corrected chi connectivity index (χ1v) is 7.11. The Labute approximate surface area is 123 Å². The number of aromatic nitrogens is 1. The molecule has 0 saturated heterocycles. The van der Waals surface area contributed by atoms with E-state index in [0.717, 1.165) is 36.3 Å². The Morgan fingerprint density at radius 1 is 1.33 bits per heavy atom. The summed E-state index contributed by atoms with van der Waals surface area (Å²) in [5.41, 5.74) is 4.44. The Balaban J connectivity index is 2.10. The van der Waals surface area contributed by atoms with Crippen molar-refractivity contribution in [2.75, 3.05) is 6.54 Å². The second kappa shape index (κ2) is 5.55. The molecule has 0 amide bonds. The summed E-state index contributed by atoms with van der Waals surface area (Å²) in [5, 5.41) is 12.4. The Hall–Kier alpha value is -2.38. The number of pyridine rings is 1. The molecule has 4 nitrogen and oxygen atoms in total. The first-order valence-electron chi connectivity index (χ1n) is 7.11. The second-order valence-electron chi connectivity index (χ2n) is 5.45. The van der Waals surface area contributed by atoms with Crippen LogP contribution in [0.3, 0.4) is 0 Å². The van der Waals surface area contributed by atoms with Crippen molar-refractivity contribution in [1.82, 2.24) is 9.88 Å². The maximum absolute atomic E-state index is 12.5. The van der Waals surface area contributed by atoms with Crippen molar-refractivity contribution >= 4 is 0 Å². The summed E-state index contributed by atoms with van der Waals surface area (Å²) in [6, 6.07) is 11.9. The molecule has 1 N–H and O–H groups in total. The van der Waals surface area contributed by atoms with Crippen LogP contribution in [0.2, 0.25) is 0 Å². The molecule has 1 aliphatic heterocycles. The zero-order valence-corrected chi connectivity index (χ0v) is 12.0. The topological polar surface area (TPSA) is 57.8 Å². The predicted octanol–water partition coefficient (Wildman–Crippen LogP) is 1.72. The summed E-state index contributed by atoms with van der Waals surface area (Å²) in [7, 11) is 0. The van der Waals surface area contributed by atoms with Gasteiger partial charge in [-0.25, -0.2) is 0 Å². The number of fused-ring (bicyclic) bond motifs is 1. The van der Waals surface area contributed by atoms with Crippen LogP contribution in [-0.2, 0) is 19.5 Å². The number of nitrogens with zero attached hydrogens (tertiary/aromatic N) is 2. The van der Waals surface area contributed by atoms with Crippen LogP contribution in [-0.4, -0.2) is 11.1 Å². The first kappa shape index (κ1) is 13.6. The average molecular weight is 279 g/mol. The van der Waals surface area contributed by atoms with E-state index in [1.165, 1.54) is 5.56 Å². The molecule has 0 bridgehead atoms. The van der Waals surface area contributed by atoms with Crippen molar-refractivity contribution < 1.29 is 0 Å². The van der Waals surface area contributed by atoms with Gasteiger partial charge in [-0.3, -0.25) is 4.79 Å². The lowest BCUT2D eigenvalue weighted by Gasteiger charge is -2.22. The standard InChI is InChI=1S/C17H17N3O/c1-12-2-4-13(5-3-12)11-20-16-6-7-19-10-15(16)8-14(9-18)17(20)21/h2-5,8,19H,6-7,10-11H2,1H3. The molecule has 106 valence electrons. The fourth-order valence-electron chi connectivity index (χ4n) is 2.76. The lowest BCUT2D eigenvalue weighted by molar-refractivity contribution is 0.581. The van der Waals surface area contributed by atoms with Gasteiger partial charge in [0.15, 0.2) is 0 Å². The molecule has 0 atom stereocenters. The molecule has 0 aliphatic carbocycles. The van der Waals surface area contributed by atoms with Crippen molar-refractivity contribution in [1.29, 1.82) is 5.26 Å². The van der Waals surface area contributed by atoms with Crippen molar-refractivity contribution in [3.8, 4) is 6.07 Å². The van der Waals surface area contributed by atoms with E-state index in [4.69, 9.17) is 5.26 Å². The molecule has 1 aromatic carbocycles. The van der Waals surface area contributed by atoms with E-state index >= 15 is 0 Å². The van der Waals surface area contributed by atoms with Gasteiger partial charge >= 0.3 is 0 Å². The molecule has 0 spiro atoms. The molecule has 0 radical (unpaired) electrons. The lowest BCUT2D eigenvalue weighted by atomic mass is 10.0. The molecule has 0 saturated carbocycles. The third kappa shape index (κ3) is 2.61. The van der Waals surface area contributed by atoms with Crippen molar-refractivity contribution in [2.24, 2.45) is 0 Å². The van der Waals surface area contributed by atoms with Crippen LogP contribution in [0.1, 0.15) is 27.9 Å². The van der Waals surface area contributed by atoms with Crippen LogP contribution in [0.5, 0.6) is 0 Å². The Bertz CT molecular complexity index is 766. The number of rotatable bonds is 2. The monoisotopic (exact) mass is 279 g/mol. The first-order chi connectivity index (χ1) is 10.2. The highest BCUT2D eigenvalue weighted by atomic mass is 16.1. The Morgan fingerprint density at radius 2 is 2.10 bits per heavy atom. The van der Waals surface area contributed by atoms with Crippen LogP contribution in [0, 0.1) is 18.3 Å². The average Bonchev–Trinajstić information content (AvgIpc) is 2.51. The maximum atomic E-state index is 12.5. The normalized spacial score (nSPS) is 13.5. The summed E-state index contributed by atoms with van der Waals surface area (Å²) in [6.07, 6.45) is 0.822. The molecule has 0 unspecified atom stereocenters. The van der Waals surface area contributed by atoms with Gasteiger partial charge in [-0.15, -0.1) is 0 Å². The van der Waals surface area contributed by atoms with E-state index in [-0.39, 0.29) is 11.1 Å². The van der Waals surface area contributed by atoms with Crippen LogP contribution >= 0.6 is 0 Å². The van der Waals surface area contributed by atoms with E-state index < -0.39 is 0 Å². The Kier molecular flexibility index (Phi) is 3.59. The van der Waals surface area contributed by atoms with Gasteiger partial charge in [0, 0.05) is 25.2 Å². The molecule has 2 aromatic rings. The zero-order chi connectivity index (χ0) is 14.8. The SMILES string of the molecule is Cc1ccc(Cn2c3c(cc(C#N)c2=O)CNCC3)cc1. The van der Waals surface area contributed by atoms with Crippen molar-refractivity contribution in [3.63, 3.8) is 0 Å². The van der Waals surface area contributed by atoms with Crippen LogP contribution in [0.4, 0.5) is 0 Å². The largest absolute Gasteiger partial charge is 0.312 e. The Morgan fingerprint density at radius 3 is 2.81 bits per heavy atom. The minimum atomic E-state index is -0.182. The lowest BCUT2D eigenvalue weighted by Crippen LogP contribution is -2.34. The molecule has 21 heavy (non-hydrogen) atoms. The number of nitriles is 1. The molecule has 2 heterocycles. The molecular formula is C17H17N3O.